The first-order valence-electron chi connectivity index (χ1n) is 5.82. The predicted octanol–water partition coefficient (Wildman–Crippen LogP) is 2.10. The predicted molar refractivity (Wildman–Crippen MR) is 81.3 cm³/mol. The highest BCUT2D eigenvalue weighted by Crippen LogP contribution is 2.21. The molecular weight excluding hydrogens is 280 g/mol. The van der Waals surface area contributed by atoms with Gasteiger partial charge >= 0.3 is 0 Å². The van der Waals surface area contributed by atoms with E-state index in [0.29, 0.717) is 10.1 Å². The molecule has 100 valence electrons. The summed E-state index contributed by atoms with van der Waals surface area (Å²) < 4.78 is 0.474. The summed E-state index contributed by atoms with van der Waals surface area (Å²) >= 11 is 6.34. The van der Waals surface area contributed by atoms with Crippen molar-refractivity contribution in [1.29, 1.82) is 0 Å². The lowest BCUT2D eigenvalue weighted by Gasteiger charge is -2.16. The van der Waals surface area contributed by atoms with Gasteiger partial charge in [0.25, 0.3) is 0 Å². The Hall–Kier alpha value is -1.40. The maximum atomic E-state index is 12.0. The van der Waals surface area contributed by atoms with Crippen LogP contribution in [0.25, 0.3) is 0 Å². The van der Waals surface area contributed by atoms with Gasteiger partial charge in [0, 0.05) is 5.69 Å². The first-order chi connectivity index (χ1) is 8.99. The highest BCUT2D eigenvalue weighted by molar-refractivity contribution is 8.23. The van der Waals surface area contributed by atoms with Crippen molar-refractivity contribution in [3.05, 3.63) is 29.3 Å². The molecule has 0 spiro atoms. The largest absolute Gasteiger partial charge is 0.324 e. The number of nitrogens with one attached hydrogen (secondary N) is 1. The Morgan fingerprint density at radius 2 is 2.05 bits per heavy atom. The SMILES string of the molecule is Cc1cccc(C)c1NC(=O)CN1C(=O)CSC1=S. The van der Waals surface area contributed by atoms with E-state index in [1.807, 2.05) is 32.0 Å². The Labute approximate surface area is 121 Å². The number of thiocarbonyl (C=S) groups is 1. The number of carbonyl (C=O) groups excluding carboxylic acids is 2. The summed E-state index contributed by atoms with van der Waals surface area (Å²) in [4.78, 5) is 24.9. The quantitative estimate of drug-likeness (QED) is 0.867. The van der Waals surface area contributed by atoms with Crippen molar-refractivity contribution in [3.8, 4) is 0 Å². The van der Waals surface area contributed by atoms with Crippen LogP contribution >= 0.6 is 24.0 Å². The molecule has 19 heavy (non-hydrogen) atoms. The molecule has 6 heteroatoms. The molecule has 0 radical (unpaired) electrons. The van der Waals surface area contributed by atoms with Gasteiger partial charge in [0.05, 0.1) is 5.75 Å². The van der Waals surface area contributed by atoms with Crippen molar-refractivity contribution < 1.29 is 9.59 Å². The van der Waals surface area contributed by atoms with E-state index in [9.17, 15) is 9.59 Å². The van der Waals surface area contributed by atoms with Gasteiger partial charge in [-0.15, -0.1) is 0 Å². The van der Waals surface area contributed by atoms with E-state index in [1.165, 1.54) is 16.7 Å². The first-order valence-corrected chi connectivity index (χ1v) is 7.21. The minimum atomic E-state index is -0.226. The molecule has 1 aromatic carbocycles. The average molecular weight is 294 g/mol. The molecule has 0 bridgehead atoms. The lowest BCUT2D eigenvalue weighted by Crippen LogP contribution is -2.36. The van der Waals surface area contributed by atoms with Crippen molar-refractivity contribution in [2.75, 3.05) is 17.6 Å². The minimum Gasteiger partial charge on any atom is -0.324 e. The number of thioether (sulfide) groups is 1. The number of para-hydroxylation sites is 1. The van der Waals surface area contributed by atoms with Crippen LogP contribution in [-0.2, 0) is 9.59 Å². The van der Waals surface area contributed by atoms with Crippen LogP contribution < -0.4 is 5.32 Å². The fourth-order valence-electron chi connectivity index (χ4n) is 1.87. The van der Waals surface area contributed by atoms with Gasteiger partial charge in [-0.3, -0.25) is 14.5 Å². The molecule has 1 aromatic rings. The van der Waals surface area contributed by atoms with Crippen molar-refractivity contribution >= 4 is 45.8 Å². The molecular formula is C13H14N2O2S2. The molecule has 0 atom stereocenters. The van der Waals surface area contributed by atoms with Crippen LogP contribution in [0.1, 0.15) is 11.1 Å². The number of carbonyl (C=O) groups is 2. The van der Waals surface area contributed by atoms with Gasteiger partial charge in [0.1, 0.15) is 10.9 Å². The van der Waals surface area contributed by atoms with E-state index in [-0.39, 0.29) is 18.4 Å². The van der Waals surface area contributed by atoms with E-state index >= 15 is 0 Å². The number of amides is 2. The van der Waals surface area contributed by atoms with Crippen LogP contribution in [0.4, 0.5) is 5.69 Å². The lowest BCUT2D eigenvalue weighted by molar-refractivity contribution is -0.127. The molecule has 1 aliphatic rings. The van der Waals surface area contributed by atoms with Gasteiger partial charge in [-0.1, -0.05) is 42.2 Å². The van der Waals surface area contributed by atoms with E-state index in [1.54, 1.807) is 0 Å². The molecule has 1 fully saturated rings. The van der Waals surface area contributed by atoms with Crippen LogP contribution in [-0.4, -0.2) is 33.3 Å². The van der Waals surface area contributed by atoms with E-state index in [0.717, 1.165) is 16.8 Å². The van der Waals surface area contributed by atoms with Crippen molar-refractivity contribution in [2.45, 2.75) is 13.8 Å². The third-order valence-corrected chi connectivity index (χ3v) is 4.32. The minimum absolute atomic E-state index is 0.0154. The fraction of sp³-hybridized carbons (Fsp3) is 0.308. The molecule has 1 N–H and O–H groups in total. The number of aryl methyl sites for hydroxylation is 2. The van der Waals surface area contributed by atoms with Gasteiger partial charge in [-0.25, -0.2) is 0 Å². The molecule has 1 aliphatic heterocycles. The molecule has 0 unspecified atom stereocenters. The van der Waals surface area contributed by atoms with Crippen molar-refractivity contribution in [3.63, 3.8) is 0 Å². The van der Waals surface area contributed by atoms with Gasteiger partial charge < -0.3 is 5.32 Å². The fourth-order valence-corrected chi connectivity index (χ4v) is 2.94. The van der Waals surface area contributed by atoms with E-state index in [4.69, 9.17) is 12.2 Å². The zero-order valence-electron chi connectivity index (χ0n) is 10.7. The molecule has 2 rings (SSSR count). The summed E-state index contributed by atoms with van der Waals surface area (Å²) in [5, 5.41) is 2.84. The average Bonchev–Trinajstić information content (AvgIpc) is 2.66. The maximum Gasteiger partial charge on any atom is 0.244 e. The zero-order chi connectivity index (χ0) is 14.0. The molecule has 0 saturated carbocycles. The third-order valence-electron chi connectivity index (χ3n) is 2.89. The van der Waals surface area contributed by atoms with Crippen LogP contribution in [0.5, 0.6) is 0 Å². The van der Waals surface area contributed by atoms with Crippen LogP contribution in [0.3, 0.4) is 0 Å². The Bertz CT molecular complexity index is 521. The number of nitrogens with zero attached hydrogens (tertiary/aromatic N) is 1. The first kappa shape index (κ1) is 14.0. The van der Waals surface area contributed by atoms with Crippen molar-refractivity contribution in [1.82, 2.24) is 4.90 Å². The smallest absolute Gasteiger partial charge is 0.244 e. The summed E-state index contributed by atoms with van der Waals surface area (Å²) in [6, 6.07) is 5.81. The zero-order valence-corrected chi connectivity index (χ0v) is 12.4. The van der Waals surface area contributed by atoms with Gasteiger partial charge in [0.15, 0.2) is 0 Å². The van der Waals surface area contributed by atoms with Gasteiger partial charge in [0.2, 0.25) is 11.8 Å². The number of rotatable bonds is 3. The second-order valence-electron chi connectivity index (χ2n) is 4.35. The second kappa shape index (κ2) is 5.71. The standard InChI is InChI=1S/C13H14N2O2S2/c1-8-4-3-5-9(2)12(8)14-10(16)6-15-11(17)7-19-13(15)18/h3-5H,6-7H2,1-2H3,(H,14,16). The normalized spacial score (nSPS) is 14.9. The number of benzene rings is 1. The summed E-state index contributed by atoms with van der Waals surface area (Å²) in [5.74, 6) is -0.00237. The van der Waals surface area contributed by atoms with E-state index < -0.39 is 0 Å². The Balaban J connectivity index is 2.06. The summed E-state index contributed by atoms with van der Waals surface area (Å²) in [6.45, 7) is 3.85. The lowest BCUT2D eigenvalue weighted by atomic mass is 10.1. The van der Waals surface area contributed by atoms with Crippen LogP contribution in [0, 0.1) is 13.8 Å². The number of hydrogen-bond acceptors (Lipinski definition) is 4. The summed E-state index contributed by atoms with van der Waals surface area (Å²) in [6.07, 6.45) is 0. The number of anilines is 1. The second-order valence-corrected chi connectivity index (χ2v) is 5.96. The Morgan fingerprint density at radius 1 is 1.42 bits per heavy atom. The van der Waals surface area contributed by atoms with Crippen LogP contribution in [0.15, 0.2) is 18.2 Å². The highest BCUT2D eigenvalue weighted by Gasteiger charge is 2.28. The van der Waals surface area contributed by atoms with Crippen LogP contribution in [0.2, 0.25) is 0 Å². The highest BCUT2D eigenvalue weighted by atomic mass is 32.2. The molecule has 1 saturated heterocycles. The van der Waals surface area contributed by atoms with Gasteiger partial charge in [-0.2, -0.15) is 0 Å². The molecule has 4 nitrogen and oxygen atoms in total. The maximum absolute atomic E-state index is 12.0. The Morgan fingerprint density at radius 3 is 2.58 bits per heavy atom. The summed E-state index contributed by atoms with van der Waals surface area (Å²) in [5.41, 5.74) is 2.80. The molecule has 0 aliphatic carbocycles. The molecule has 0 aromatic heterocycles. The molecule has 2 amide bonds. The Kier molecular flexibility index (Phi) is 4.21. The topological polar surface area (TPSA) is 49.4 Å². The monoisotopic (exact) mass is 294 g/mol. The number of hydrogen-bond donors (Lipinski definition) is 1. The molecule has 1 heterocycles. The van der Waals surface area contributed by atoms with E-state index in [2.05, 4.69) is 5.32 Å². The van der Waals surface area contributed by atoms with Crippen molar-refractivity contribution in [2.24, 2.45) is 0 Å². The summed E-state index contributed by atoms with van der Waals surface area (Å²) in [7, 11) is 0. The van der Waals surface area contributed by atoms with Gasteiger partial charge in [-0.05, 0) is 25.0 Å². The third kappa shape index (κ3) is 3.13.